The van der Waals surface area contributed by atoms with Gasteiger partial charge >= 0.3 is 0 Å². The van der Waals surface area contributed by atoms with Crippen LogP contribution in [0.15, 0.2) is 88.0 Å². The number of aryl methyl sites for hydroxylation is 2. The Bertz CT molecular complexity index is 1670. The molecule has 0 aliphatic carbocycles. The SMILES string of the molecule is CC(C)Oc1cc(N=C(N)c2cn(C)cn2)ccc1-c1ccc(-c2ccc(N=C(N)c3cn(C)cn3)cc2OC(C)C)o1.Cl. The lowest BCUT2D eigenvalue weighted by Gasteiger charge is -2.15. The number of imidazole rings is 2. The second-order valence-corrected chi connectivity index (χ2v) is 10.7. The van der Waals surface area contributed by atoms with Crippen molar-refractivity contribution >= 4 is 35.5 Å². The van der Waals surface area contributed by atoms with Gasteiger partial charge in [0.15, 0.2) is 11.7 Å². The highest BCUT2D eigenvalue weighted by Crippen LogP contribution is 2.40. The fraction of sp³-hybridized carbons (Fsp3) is 0.250. The Morgan fingerprint density at radius 2 is 1.11 bits per heavy atom. The quantitative estimate of drug-likeness (QED) is 0.141. The average Bonchev–Trinajstić information content (AvgIpc) is 3.70. The molecule has 0 amide bonds. The van der Waals surface area contributed by atoms with Gasteiger partial charge in [0.1, 0.15) is 34.4 Å². The molecule has 3 heterocycles. The second kappa shape index (κ2) is 13.5. The Hall–Kier alpha value is -5.03. The van der Waals surface area contributed by atoms with E-state index in [0.29, 0.717) is 57.5 Å². The lowest BCUT2D eigenvalue weighted by Crippen LogP contribution is -2.13. The molecule has 0 atom stereocenters. The molecule has 0 fully saturated rings. The summed E-state index contributed by atoms with van der Waals surface area (Å²) in [6.07, 6.45) is 6.84. The summed E-state index contributed by atoms with van der Waals surface area (Å²) < 4.78 is 22.3. The molecule has 0 saturated carbocycles. The molecule has 44 heavy (non-hydrogen) atoms. The smallest absolute Gasteiger partial charge is 0.151 e. The summed E-state index contributed by atoms with van der Waals surface area (Å²) in [4.78, 5) is 17.7. The van der Waals surface area contributed by atoms with Crippen LogP contribution < -0.4 is 20.9 Å². The van der Waals surface area contributed by atoms with Gasteiger partial charge in [0.05, 0.1) is 47.4 Å². The first kappa shape index (κ1) is 31.9. The molecular formula is C32H37ClN8O3. The summed E-state index contributed by atoms with van der Waals surface area (Å²) in [5, 5.41) is 0. The van der Waals surface area contributed by atoms with Gasteiger partial charge in [-0.15, -0.1) is 12.4 Å². The summed E-state index contributed by atoms with van der Waals surface area (Å²) in [5.74, 6) is 3.15. The number of ether oxygens (including phenoxy) is 2. The Morgan fingerprint density at radius 3 is 1.45 bits per heavy atom. The van der Waals surface area contributed by atoms with Crippen molar-refractivity contribution in [3.63, 3.8) is 0 Å². The van der Waals surface area contributed by atoms with E-state index in [4.69, 9.17) is 25.4 Å². The van der Waals surface area contributed by atoms with Gasteiger partial charge in [0.2, 0.25) is 0 Å². The second-order valence-electron chi connectivity index (χ2n) is 10.7. The zero-order valence-corrected chi connectivity index (χ0v) is 26.4. The van der Waals surface area contributed by atoms with Gasteiger partial charge in [-0.3, -0.25) is 0 Å². The van der Waals surface area contributed by atoms with E-state index in [2.05, 4.69) is 20.0 Å². The molecule has 11 nitrogen and oxygen atoms in total. The Balaban J connectivity index is 0.00000442. The first-order chi connectivity index (χ1) is 20.5. The number of aliphatic imine (C=N–C) groups is 2. The highest BCUT2D eigenvalue weighted by atomic mass is 35.5. The minimum absolute atomic E-state index is 0. The van der Waals surface area contributed by atoms with E-state index in [-0.39, 0.29) is 24.6 Å². The fourth-order valence-corrected chi connectivity index (χ4v) is 4.38. The van der Waals surface area contributed by atoms with Crippen LogP contribution in [0.5, 0.6) is 11.5 Å². The number of halogens is 1. The van der Waals surface area contributed by atoms with Crippen molar-refractivity contribution in [3.05, 3.63) is 85.0 Å². The fourth-order valence-electron chi connectivity index (χ4n) is 4.38. The Kier molecular flexibility index (Phi) is 9.80. The summed E-state index contributed by atoms with van der Waals surface area (Å²) in [7, 11) is 3.76. The van der Waals surface area contributed by atoms with Crippen molar-refractivity contribution in [2.45, 2.75) is 39.9 Å². The van der Waals surface area contributed by atoms with E-state index in [0.717, 1.165) is 11.1 Å². The van der Waals surface area contributed by atoms with Crippen molar-refractivity contribution in [2.75, 3.05) is 0 Å². The predicted molar refractivity (Wildman–Crippen MR) is 176 cm³/mol. The van der Waals surface area contributed by atoms with Crippen LogP contribution >= 0.6 is 12.4 Å². The van der Waals surface area contributed by atoms with E-state index in [9.17, 15) is 0 Å². The van der Waals surface area contributed by atoms with Crippen LogP contribution in [-0.2, 0) is 14.1 Å². The molecule has 5 rings (SSSR count). The maximum absolute atomic E-state index is 6.38. The molecule has 0 saturated heterocycles. The molecule has 0 bridgehead atoms. The van der Waals surface area contributed by atoms with E-state index in [1.54, 1.807) is 12.7 Å². The van der Waals surface area contributed by atoms with Crippen LogP contribution in [0.2, 0.25) is 0 Å². The van der Waals surface area contributed by atoms with Gasteiger partial charge in [0, 0.05) is 38.6 Å². The maximum atomic E-state index is 6.38. The topological polar surface area (TPSA) is 144 Å². The van der Waals surface area contributed by atoms with Crippen molar-refractivity contribution in [1.82, 2.24) is 19.1 Å². The van der Waals surface area contributed by atoms with Gasteiger partial charge in [-0.25, -0.2) is 20.0 Å². The lowest BCUT2D eigenvalue weighted by atomic mass is 10.1. The number of amidine groups is 2. The van der Waals surface area contributed by atoms with Crippen LogP contribution in [0.3, 0.4) is 0 Å². The molecule has 3 aromatic heterocycles. The van der Waals surface area contributed by atoms with Gasteiger partial charge in [-0.1, -0.05) is 0 Å². The molecule has 12 heteroatoms. The number of hydrogen-bond acceptors (Lipinski definition) is 7. The van der Waals surface area contributed by atoms with Crippen LogP contribution in [-0.4, -0.2) is 43.0 Å². The number of nitrogens with two attached hydrogens (primary N) is 2. The highest BCUT2D eigenvalue weighted by Gasteiger charge is 2.18. The van der Waals surface area contributed by atoms with Crippen LogP contribution in [0, 0.1) is 0 Å². The molecular weight excluding hydrogens is 580 g/mol. The van der Waals surface area contributed by atoms with E-state index < -0.39 is 0 Å². The predicted octanol–water partition coefficient (Wildman–Crippen LogP) is 6.15. The Morgan fingerprint density at radius 1 is 0.705 bits per heavy atom. The summed E-state index contributed by atoms with van der Waals surface area (Å²) >= 11 is 0. The molecule has 5 aromatic rings. The number of rotatable bonds is 10. The minimum Gasteiger partial charge on any atom is -0.490 e. The number of aromatic nitrogens is 4. The molecule has 0 aliphatic heterocycles. The third-order valence-corrected chi connectivity index (χ3v) is 6.23. The highest BCUT2D eigenvalue weighted by molar-refractivity contribution is 5.98. The van der Waals surface area contributed by atoms with Gasteiger partial charge in [-0.05, 0) is 64.1 Å². The standard InChI is InChI=1S/C32H36N8O3.ClH/c1-19(2)41-29-13-21(37-31(33)25-15-39(5)17-35-25)7-9-23(29)27-11-12-28(43-27)24-10-8-22(14-30(24)42-20(3)4)38-32(34)26-16-40(6)18-36-26;/h7-20H,1-6H3,(H2,33,37)(H2,34,38);1H. The first-order valence-corrected chi connectivity index (χ1v) is 13.9. The summed E-state index contributed by atoms with van der Waals surface area (Å²) in [5.41, 5.74) is 16.5. The van der Waals surface area contributed by atoms with Gasteiger partial charge in [0.25, 0.3) is 0 Å². The maximum Gasteiger partial charge on any atom is 0.151 e. The van der Waals surface area contributed by atoms with Crippen LogP contribution in [0.1, 0.15) is 39.1 Å². The minimum atomic E-state index is -0.0711. The normalized spacial score (nSPS) is 12.1. The van der Waals surface area contributed by atoms with Gasteiger partial charge in [-0.2, -0.15) is 0 Å². The lowest BCUT2D eigenvalue weighted by molar-refractivity contribution is 0.243. The van der Waals surface area contributed by atoms with E-state index in [1.165, 1.54) is 0 Å². The molecule has 0 unspecified atom stereocenters. The monoisotopic (exact) mass is 616 g/mol. The number of nitrogens with zero attached hydrogens (tertiary/aromatic N) is 6. The Labute approximate surface area is 262 Å². The van der Waals surface area contributed by atoms with Crippen molar-refractivity contribution in [3.8, 4) is 34.1 Å². The van der Waals surface area contributed by atoms with Crippen molar-refractivity contribution in [1.29, 1.82) is 0 Å². The number of furan rings is 1. The van der Waals surface area contributed by atoms with Gasteiger partial charge < -0.3 is 34.5 Å². The third kappa shape index (κ3) is 7.48. The largest absolute Gasteiger partial charge is 0.490 e. The molecule has 230 valence electrons. The number of benzene rings is 2. The van der Waals surface area contributed by atoms with Crippen molar-refractivity contribution < 1.29 is 13.9 Å². The number of hydrogen-bond donors (Lipinski definition) is 2. The summed E-state index contributed by atoms with van der Waals surface area (Å²) in [6, 6.07) is 15.1. The zero-order chi connectivity index (χ0) is 30.7. The molecule has 4 N–H and O–H groups in total. The molecule has 0 spiro atoms. The van der Waals surface area contributed by atoms with E-state index in [1.807, 2.05) is 112 Å². The zero-order valence-electron chi connectivity index (χ0n) is 25.6. The third-order valence-electron chi connectivity index (χ3n) is 6.23. The molecule has 0 aliphatic rings. The van der Waals surface area contributed by atoms with E-state index >= 15 is 0 Å². The summed E-state index contributed by atoms with van der Waals surface area (Å²) in [6.45, 7) is 7.87. The molecule has 2 aromatic carbocycles. The van der Waals surface area contributed by atoms with Crippen LogP contribution in [0.4, 0.5) is 11.4 Å². The van der Waals surface area contributed by atoms with Crippen molar-refractivity contribution in [2.24, 2.45) is 35.5 Å². The molecule has 0 radical (unpaired) electrons. The average molecular weight is 617 g/mol. The van der Waals surface area contributed by atoms with Crippen LogP contribution in [0.25, 0.3) is 22.6 Å². The first-order valence-electron chi connectivity index (χ1n) is 13.9.